The number of hydrogen-bond acceptors (Lipinski definition) is 5. The van der Waals surface area contributed by atoms with E-state index in [-0.39, 0.29) is 53.8 Å². The molecule has 7 nitrogen and oxygen atoms in total. The Balaban J connectivity index is 0.00000338. The summed E-state index contributed by atoms with van der Waals surface area (Å²) in [6.45, 7) is 0.863. The Morgan fingerprint density at radius 1 is 1.42 bits per heavy atom. The SMILES string of the molecule is Cl.N#Cc1ccc(S(=O)(=O)N2CCCCC2CNC(=O)CCN)c(Cl)c1. The zero-order valence-corrected chi connectivity index (χ0v) is 16.5. The van der Waals surface area contributed by atoms with E-state index in [9.17, 15) is 13.2 Å². The number of amides is 1. The summed E-state index contributed by atoms with van der Waals surface area (Å²) in [4.78, 5) is 11.6. The first-order valence-corrected chi connectivity index (χ1v) is 9.90. The molecule has 1 aromatic carbocycles. The molecule has 0 spiro atoms. The molecule has 3 N–H and O–H groups in total. The van der Waals surface area contributed by atoms with E-state index in [1.54, 1.807) is 0 Å². The maximum atomic E-state index is 13.0. The molecule has 144 valence electrons. The van der Waals surface area contributed by atoms with Gasteiger partial charge in [0, 0.05) is 32.1 Å². The predicted octanol–water partition coefficient (Wildman–Crippen LogP) is 1.64. The van der Waals surface area contributed by atoms with Gasteiger partial charge in [0.2, 0.25) is 15.9 Å². The van der Waals surface area contributed by atoms with Crippen LogP contribution in [0.5, 0.6) is 0 Å². The lowest BCUT2D eigenvalue weighted by atomic mass is 10.1. The van der Waals surface area contributed by atoms with Crippen molar-refractivity contribution in [2.24, 2.45) is 5.73 Å². The van der Waals surface area contributed by atoms with Gasteiger partial charge >= 0.3 is 0 Å². The van der Waals surface area contributed by atoms with Crippen LogP contribution in [0.15, 0.2) is 23.1 Å². The van der Waals surface area contributed by atoms with Crippen molar-refractivity contribution in [3.8, 4) is 6.07 Å². The smallest absolute Gasteiger partial charge is 0.244 e. The van der Waals surface area contributed by atoms with E-state index in [1.807, 2.05) is 6.07 Å². The van der Waals surface area contributed by atoms with Gasteiger partial charge in [0.05, 0.1) is 16.7 Å². The molecule has 0 saturated carbocycles. The second kappa shape index (κ2) is 10.1. The maximum absolute atomic E-state index is 13.0. The average Bonchev–Trinajstić information content (AvgIpc) is 2.60. The van der Waals surface area contributed by atoms with Crippen molar-refractivity contribution in [3.05, 3.63) is 28.8 Å². The van der Waals surface area contributed by atoms with Crippen LogP contribution in [0.2, 0.25) is 5.02 Å². The molecule has 0 aromatic heterocycles. The minimum Gasteiger partial charge on any atom is -0.354 e. The van der Waals surface area contributed by atoms with Crippen molar-refractivity contribution < 1.29 is 13.2 Å². The van der Waals surface area contributed by atoms with Gasteiger partial charge in [-0.3, -0.25) is 4.79 Å². The summed E-state index contributed by atoms with van der Waals surface area (Å²) in [5.74, 6) is -0.193. The lowest BCUT2D eigenvalue weighted by molar-refractivity contribution is -0.121. The number of carbonyl (C=O) groups excluding carboxylic acids is 1. The molecule has 1 atom stereocenters. The third-order valence-electron chi connectivity index (χ3n) is 4.13. The largest absolute Gasteiger partial charge is 0.354 e. The lowest BCUT2D eigenvalue weighted by Crippen LogP contribution is -2.49. The highest BCUT2D eigenvalue weighted by molar-refractivity contribution is 7.89. The molecule has 1 amide bonds. The van der Waals surface area contributed by atoms with Gasteiger partial charge in [-0.25, -0.2) is 8.42 Å². The summed E-state index contributed by atoms with van der Waals surface area (Å²) in [6.07, 6.45) is 2.52. The van der Waals surface area contributed by atoms with Crippen LogP contribution in [-0.4, -0.2) is 44.3 Å². The minimum absolute atomic E-state index is 0. The molecule has 26 heavy (non-hydrogen) atoms. The molecule has 10 heteroatoms. The monoisotopic (exact) mass is 420 g/mol. The second-order valence-electron chi connectivity index (χ2n) is 5.87. The summed E-state index contributed by atoms with van der Waals surface area (Å²) in [5, 5.41) is 11.7. The highest BCUT2D eigenvalue weighted by atomic mass is 35.5. The molecular formula is C16H22Cl2N4O3S. The quantitative estimate of drug-likeness (QED) is 0.725. The molecule has 1 aliphatic rings. The third kappa shape index (κ3) is 5.32. The molecule has 1 saturated heterocycles. The molecule has 1 heterocycles. The number of piperidine rings is 1. The van der Waals surface area contributed by atoms with Gasteiger partial charge in [-0.1, -0.05) is 18.0 Å². The highest BCUT2D eigenvalue weighted by Crippen LogP contribution is 2.30. The van der Waals surface area contributed by atoms with Crippen molar-refractivity contribution in [1.82, 2.24) is 9.62 Å². The maximum Gasteiger partial charge on any atom is 0.244 e. The van der Waals surface area contributed by atoms with Crippen LogP contribution in [0.4, 0.5) is 0 Å². The Bertz CT molecular complexity index is 780. The van der Waals surface area contributed by atoms with E-state index in [2.05, 4.69) is 5.32 Å². The van der Waals surface area contributed by atoms with E-state index < -0.39 is 10.0 Å². The van der Waals surface area contributed by atoms with E-state index in [0.29, 0.717) is 18.5 Å². The van der Waals surface area contributed by atoms with Gasteiger partial charge < -0.3 is 11.1 Å². The van der Waals surface area contributed by atoms with Crippen LogP contribution >= 0.6 is 24.0 Å². The van der Waals surface area contributed by atoms with Crippen molar-refractivity contribution in [3.63, 3.8) is 0 Å². The van der Waals surface area contributed by atoms with Crippen molar-refractivity contribution >= 4 is 39.9 Å². The van der Waals surface area contributed by atoms with E-state index >= 15 is 0 Å². The standard InChI is InChI=1S/C16H21ClN4O3S.ClH/c17-14-9-12(10-19)4-5-15(14)25(23,24)21-8-2-1-3-13(21)11-20-16(22)6-7-18;/h4-5,9,13H,1-3,6-8,11,18H2,(H,20,22);1H. The van der Waals surface area contributed by atoms with Gasteiger partial charge in [-0.15, -0.1) is 12.4 Å². The summed E-state index contributed by atoms with van der Waals surface area (Å²) in [5.41, 5.74) is 5.65. The van der Waals surface area contributed by atoms with E-state index in [4.69, 9.17) is 22.6 Å². The Morgan fingerprint density at radius 2 is 2.15 bits per heavy atom. The molecule has 1 fully saturated rings. The number of carbonyl (C=O) groups is 1. The first-order chi connectivity index (χ1) is 11.9. The summed E-state index contributed by atoms with van der Waals surface area (Å²) in [6, 6.07) is 5.73. The minimum atomic E-state index is -3.81. The van der Waals surface area contributed by atoms with Crippen LogP contribution in [0, 0.1) is 11.3 Å². The molecule has 0 radical (unpaired) electrons. The number of sulfonamides is 1. The third-order valence-corrected chi connectivity index (χ3v) is 6.56. The average molecular weight is 421 g/mol. The first-order valence-electron chi connectivity index (χ1n) is 8.08. The molecular weight excluding hydrogens is 399 g/mol. The molecule has 0 bridgehead atoms. The zero-order chi connectivity index (χ0) is 18.4. The topological polar surface area (TPSA) is 116 Å². The van der Waals surface area contributed by atoms with E-state index in [0.717, 1.165) is 12.8 Å². The van der Waals surface area contributed by atoms with Crippen LogP contribution in [0.1, 0.15) is 31.2 Å². The molecule has 2 rings (SSSR count). The Labute approximate surface area is 164 Å². The summed E-state index contributed by atoms with van der Waals surface area (Å²) < 4.78 is 27.4. The van der Waals surface area contributed by atoms with Gasteiger partial charge in [0.1, 0.15) is 4.90 Å². The number of nitrogens with one attached hydrogen (secondary N) is 1. The molecule has 1 unspecified atom stereocenters. The summed E-state index contributed by atoms with van der Waals surface area (Å²) >= 11 is 6.09. The van der Waals surface area contributed by atoms with Crippen molar-refractivity contribution in [1.29, 1.82) is 5.26 Å². The number of hydrogen-bond donors (Lipinski definition) is 2. The van der Waals surface area contributed by atoms with Crippen LogP contribution in [-0.2, 0) is 14.8 Å². The normalized spacial score (nSPS) is 17.8. The molecule has 1 aliphatic heterocycles. The summed E-state index contributed by atoms with van der Waals surface area (Å²) in [7, 11) is -3.81. The van der Waals surface area contributed by atoms with E-state index in [1.165, 1.54) is 22.5 Å². The molecule has 1 aromatic rings. The highest BCUT2D eigenvalue weighted by Gasteiger charge is 2.34. The Hall–Kier alpha value is -1.37. The zero-order valence-electron chi connectivity index (χ0n) is 14.2. The second-order valence-corrected chi connectivity index (χ2v) is 8.13. The van der Waals surface area contributed by atoms with Gasteiger partial charge in [-0.2, -0.15) is 9.57 Å². The van der Waals surface area contributed by atoms with Crippen LogP contribution in [0.25, 0.3) is 0 Å². The van der Waals surface area contributed by atoms with Gasteiger partial charge in [0.15, 0.2) is 0 Å². The molecule has 0 aliphatic carbocycles. The Morgan fingerprint density at radius 3 is 2.77 bits per heavy atom. The lowest BCUT2D eigenvalue weighted by Gasteiger charge is -2.35. The van der Waals surface area contributed by atoms with Gasteiger partial charge in [0.25, 0.3) is 0 Å². The number of benzene rings is 1. The fourth-order valence-corrected chi connectivity index (χ4v) is 5.06. The van der Waals surface area contributed by atoms with Crippen LogP contribution < -0.4 is 11.1 Å². The Kier molecular flexibility index (Phi) is 8.80. The predicted molar refractivity (Wildman–Crippen MR) is 102 cm³/mol. The number of nitrogens with two attached hydrogens (primary N) is 1. The fraction of sp³-hybridized carbons (Fsp3) is 0.500. The number of halogens is 2. The fourth-order valence-electron chi connectivity index (χ4n) is 2.85. The number of rotatable bonds is 6. The van der Waals surface area contributed by atoms with Crippen LogP contribution in [0.3, 0.4) is 0 Å². The number of nitriles is 1. The van der Waals surface area contributed by atoms with Gasteiger partial charge in [-0.05, 0) is 31.0 Å². The van der Waals surface area contributed by atoms with Crippen molar-refractivity contribution in [2.75, 3.05) is 19.6 Å². The van der Waals surface area contributed by atoms with Crippen molar-refractivity contribution in [2.45, 2.75) is 36.6 Å². The number of nitrogens with zero attached hydrogens (tertiary/aromatic N) is 2. The first kappa shape index (κ1) is 22.7.